The van der Waals surface area contributed by atoms with Crippen LogP contribution in [-0.2, 0) is 14.3 Å². The molecular weight excluding hydrogens is 851 g/mol. The van der Waals surface area contributed by atoms with Gasteiger partial charge in [-0.25, -0.2) is 0 Å². The van der Waals surface area contributed by atoms with Gasteiger partial charge < -0.3 is 20.3 Å². The Morgan fingerprint density at radius 2 is 0.725 bits per heavy atom. The standard InChI is InChI=1S/C63H119NO5/c1-3-5-7-9-11-13-15-17-19-21-22-23-24-25-27-28-31-35-39-43-47-51-55-61(66)60(59-65)64-62(67)56-52-48-44-40-36-32-30-34-38-42-46-50-54-58-69-63(68)57-53-49-45-41-37-33-29-26-20-18-16-14-12-10-8-6-4-2/h12,14,18,20,32,36,60-61,65-66H,3-11,13,15-17,19,21-31,33-35,37-59H2,1-2H3,(H,64,67)/b14-12-,20-18-,36-32-. The molecule has 0 fully saturated rings. The molecule has 0 aromatic rings. The second-order valence-corrected chi connectivity index (χ2v) is 21.0. The molecule has 2 unspecified atom stereocenters. The lowest BCUT2D eigenvalue weighted by molar-refractivity contribution is -0.143. The van der Waals surface area contributed by atoms with Crippen molar-refractivity contribution in [1.29, 1.82) is 0 Å². The molecule has 6 nitrogen and oxygen atoms in total. The van der Waals surface area contributed by atoms with Crippen LogP contribution in [0.5, 0.6) is 0 Å². The Kier molecular flexibility index (Phi) is 57.0. The summed E-state index contributed by atoms with van der Waals surface area (Å²) in [5, 5.41) is 23.3. The number of unbranched alkanes of at least 4 members (excludes halogenated alkanes) is 40. The Balaban J connectivity index is 3.49. The number of rotatable bonds is 57. The number of carbonyl (C=O) groups is 2. The van der Waals surface area contributed by atoms with Crippen LogP contribution in [0.1, 0.15) is 328 Å². The summed E-state index contributed by atoms with van der Waals surface area (Å²) in [6.07, 6.45) is 72.9. The minimum atomic E-state index is -0.684. The van der Waals surface area contributed by atoms with Gasteiger partial charge in [-0.1, -0.05) is 269 Å². The maximum Gasteiger partial charge on any atom is 0.305 e. The molecule has 406 valence electrons. The van der Waals surface area contributed by atoms with E-state index in [-0.39, 0.29) is 18.5 Å². The van der Waals surface area contributed by atoms with Gasteiger partial charge in [-0.15, -0.1) is 0 Å². The van der Waals surface area contributed by atoms with Crippen LogP contribution in [0, 0.1) is 0 Å². The lowest BCUT2D eigenvalue weighted by atomic mass is 10.0. The van der Waals surface area contributed by atoms with Crippen LogP contribution in [0.25, 0.3) is 0 Å². The lowest BCUT2D eigenvalue weighted by Gasteiger charge is -2.22. The fraction of sp³-hybridized carbons (Fsp3) is 0.873. The van der Waals surface area contributed by atoms with Crippen molar-refractivity contribution in [2.75, 3.05) is 13.2 Å². The maximum absolute atomic E-state index is 12.5. The minimum Gasteiger partial charge on any atom is -0.466 e. The molecule has 0 aliphatic heterocycles. The van der Waals surface area contributed by atoms with E-state index in [0.717, 1.165) is 77.0 Å². The minimum absolute atomic E-state index is 0.0198. The number of aliphatic hydroxyl groups is 2. The third kappa shape index (κ3) is 55.2. The van der Waals surface area contributed by atoms with Crippen molar-refractivity contribution >= 4 is 11.9 Å². The first-order chi connectivity index (χ1) is 34.0. The molecule has 0 heterocycles. The van der Waals surface area contributed by atoms with E-state index in [2.05, 4.69) is 55.6 Å². The number of amides is 1. The monoisotopic (exact) mass is 970 g/mol. The predicted molar refractivity (Wildman–Crippen MR) is 301 cm³/mol. The van der Waals surface area contributed by atoms with Crippen molar-refractivity contribution in [2.45, 2.75) is 341 Å². The SMILES string of the molecule is CCCCC/C=C\C/C=C\CCCCCCCCCC(=O)OCCCCCCCC/C=C\CCCCCC(=O)NC(CO)C(O)CCCCCCCCCCCCCCCCCCCCCCCC. The molecule has 0 saturated heterocycles. The number of allylic oxidation sites excluding steroid dienone is 6. The van der Waals surface area contributed by atoms with Crippen LogP contribution >= 0.6 is 0 Å². The Hall–Kier alpha value is -1.92. The lowest BCUT2D eigenvalue weighted by Crippen LogP contribution is -2.45. The van der Waals surface area contributed by atoms with Crippen LogP contribution in [0.2, 0.25) is 0 Å². The van der Waals surface area contributed by atoms with E-state index in [1.54, 1.807) is 0 Å². The first-order valence-corrected chi connectivity index (χ1v) is 30.7. The summed E-state index contributed by atoms with van der Waals surface area (Å²) in [6.45, 7) is 4.90. The van der Waals surface area contributed by atoms with Crippen LogP contribution in [0.3, 0.4) is 0 Å². The van der Waals surface area contributed by atoms with Crippen LogP contribution < -0.4 is 5.32 Å². The van der Waals surface area contributed by atoms with Crippen molar-refractivity contribution < 1.29 is 24.5 Å². The maximum atomic E-state index is 12.5. The van der Waals surface area contributed by atoms with Crippen molar-refractivity contribution in [3.8, 4) is 0 Å². The molecule has 0 aromatic carbocycles. The third-order valence-corrected chi connectivity index (χ3v) is 14.2. The van der Waals surface area contributed by atoms with E-state index in [4.69, 9.17) is 4.74 Å². The zero-order valence-corrected chi connectivity index (χ0v) is 46.3. The molecule has 3 N–H and O–H groups in total. The van der Waals surface area contributed by atoms with Gasteiger partial charge in [0.1, 0.15) is 0 Å². The molecule has 0 aliphatic rings. The number of hydrogen-bond donors (Lipinski definition) is 3. The third-order valence-electron chi connectivity index (χ3n) is 14.2. The van der Waals surface area contributed by atoms with E-state index in [1.807, 2.05) is 0 Å². The Labute approximate surface area is 430 Å². The smallest absolute Gasteiger partial charge is 0.305 e. The van der Waals surface area contributed by atoms with Crippen molar-refractivity contribution in [2.24, 2.45) is 0 Å². The Morgan fingerprint density at radius 1 is 0.406 bits per heavy atom. The fourth-order valence-electron chi connectivity index (χ4n) is 9.43. The van der Waals surface area contributed by atoms with Gasteiger partial charge in [0, 0.05) is 12.8 Å². The summed E-state index contributed by atoms with van der Waals surface area (Å²) in [7, 11) is 0. The van der Waals surface area contributed by atoms with Crippen LogP contribution in [0.15, 0.2) is 36.5 Å². The summed E-state index contributed by atoms with van der Waals surface area (Å²) in [6, 6.07) is -0.564. The zero-order chi connectivity index (χ0) is 50.0. The van der Waals surface area contributed by atoms with Crippen molar-refractivity contribution in [1.82, 2.24) is 5.32 Å². The van der Waals surface area contributed by atoms with Gasteiger partial charge in [-0.05, 0) is 83.5 Å². The fourth-order valence-corrected chi connectivity index (χ4v) is 9.43. The molecular formula is C63H119NO5. The van der Waals surface area contributed by atoms with E-state index in [9.17, 15) is 19.8 Å². The largest absolute Gasteiger partial charge is 0.466 e. The molecule has 0 spiro atoms. The quantitative estimate of drug-likeness (QED) is 0.0321. The van der Waals surface area contributed by atoms with Crippen LogP contribution in [0.4, 0.5) is 0 Å². The summed E-state index contributed by atoms with van der Waals surface area (Å²) in [5.41, 5.74) is 0. The molecule has 0 radical (unpaired) electrons. The average Bonchev–Trinajstić information content (AvgIpc) is 3.35. The van der Waals surface area contributed by atoms with E-state index in [1.165, 1.54) is 218 Å². The molecule has 2 atom stereocenters. The second kappa shape index (κ2) is 58.6. The molecule has 0 saturated carbocycles. The van der Waals surface area contributed by atoms with E-state index in [0.29, 0.717) is 25.9 Å². The highest BCUT2D eigenvalue weighted by atomic mass is 16.5. The summed E-state index contributed by atoms with van der Waals surface area (Å²) in [4.78, 5) is 24.6. The Bertz CT molecular complexity index is 1120. The van der Waals surface area contributed by atoms with Crippen molar-refractivity contribution in [3.05, 3.63) is 36.5 Å². The first kappa shape index (κ1) is 67.1. The van der Waals surface area contributed by atoms with Gasteiger partial charge in [0.2, 0.25) is 5.91 Å². The first-order valence-electron chi connectivity index (χ1n) is 30.7. The number of nitrogens with one attached hydrogen (secondary N) is 1. The number of hydrogen-bond acceptors (Lipinski definition) is 5. The molecule has 1 amide bonds. The van der Waals surface area contributed by atoms with E-state index < -0.39 is 12.1 Å². The second-order valence-electron chi connectivity index (χ2n) is 21.0. The van der Waals surface area contributed by atoms with E-state index >= 15 is 0 Å². The molecule has 0 rings (SSSR count). The van der Waals surface area contributed by atoms with Gasteiger partial charge in [0.15, 0.2) is 0 Å². The molecule has 6 heteroatoms. The summed E-state index contributed by atoms with van der Waals surface area (Å²) >= 11 is 0. The normalized spacial score (nSPS) is 12.8. The molecule has 0 bridgehead atoms. The topological polar surface area (TPSA) is 95.9 Å². The summed E-state index contributed by atoms with van der Waals surface area (Å²) < 4.78 is 5.47. The van der Waals surface area contributed by atoms with Gasteiger partial charge in [0.25, 0.3) is 0 Å². The number of ether oxygens (including phenoxy) is 1. The Morgan fingerprint density at radius 3 is 1.16 bits per heavy atom. The average molecular weight is 971 g/mol. The van der Waals surface area contributed by atoms with Crippen LogP contribution in [-0.4, -0.2) is 47.4 Å². The highest BCUT2D eigenvalue weighted by Crippen LogP contribution is 2.17. The number of aliphatic hydroxyl groups excluding tert-OH is 2. The predicted octanol–water partition coefficient (Wildman–Crippen LogP) is 19.2. The van der Waals surface area contributed by atoms with Gasteiger partial charge in [-0.3, -0.25) is 9.59 Å². The molecule has 0 aromatic heterocycles. The van der Waals surface area contributed by atoms with Gasteiger partial charge in [-0.2, -0.15) is 0 Å². The van der Waals surface area contributed by atoms with Crippen molar-refractivity contribution in [3.63, 3.8) is 0 Å². The number of esters is 1. The van der Waals surface area contributed by atoms with Gasteiger partial charge in [0.05, 0.1) is 25.4 Å². The van der Waals surface area contributed by atoms with Gasteiger partial charge >= 0.3 is 5.97 Å². The summed E-state index contributed by atoms with van der Waals surface area (Å²) in [5.74, 6) is -0.0825. The highest BCUT2D eigenvalue weighted by molar-refractivity contribution is 5.76. The zero-order valence-electron chi connectivity index (χ0n) is 46.3. The highest BCUT2D eigenvalue weighted by Gasteiger charge is 2.20. The number of carbonyl (C=O) groups excluding carboxylic acids is 2. The molecule has 0 aliphatic carbocycles. The molecule has 69 heavy (non-hydrogen) atoms.